The zero-order valence-corrected chi connectivity index (χ0v) is 15.1. The van der Waals surface area contributed by atoms with Gasteiger partial charge in [0.25, 0.3) is 0 Å². The Morgan fingerprint density at radius 3 is 2.63 bits per heavy atom. The fraction of sp³-hybridized carbons (Fsp3) is 0.263. The molecule has 4 nitrogen and oxygen atoms in total. The van der Waals surface area contributed by atoms with Crippen LogP contribution in [0, 0.1) is 12.8 Å². The van der Waals surface area contributed by atoms with Crippen molar-refractivity contribution in [3.63, 3.8) is 0 Å². The fourth-order valence-electron chi connectivity index (χ4n) is 2.93. The quantitative estimate of drug-likeness (QED) is 0.767. The second-order valence-corrected chi connectivity index (χ2v) is 6.74. The summed E-state index contributed by atoms with van der Waals surface area (Å²) in [5.41, 5.74) is 0.587. The molecule has 0 aliphatic carbocycles. The van der Waals surface area contributed by atoms with Crippen molar-refractivity contribution in [1.29, 1.82) is 0 Å². The van der Waals surface area contributed by atoms with Crippen LogP contribution in [0.5, 0.6) is 0 Å². The molecule has 142 valence electrons. The minimum absolute atomic E-state index is 0.000504. The molecule has 0 bridgehead atoms. The molecule has 1 aliphatic heterocycles. The number of carbonyl (C=O) groups excluding carboxylic acids is 2. The molecule has 1 atom stereocenters. The van der Waals surface area contributed by atoms with Gasteiger partial charge in [0.2, 0.25) is 11.8 Å². The number of carbonyl (C=O) groups is 2. The maximum Gasteiger partial charge on any atom is 0.416 e. The lowest BCUT2D eigenvalue weighted by molar-refractivity contribution is -0.137. The summed E-state index contributed by atoms with van der Waals surface area (Å²) >= 11 is 6.09. The molecule has 2 aromatic rings. The van der Waals surface area contributed by atoms with Gasteiger partial charge in [0.15, 0.2) is 0 Å². The summed E-state index contributed by atoms with van der Waals surface area (Å²) in [6.07, 6.45) is -4.24. The predicted octanol–water partition coefficient (Wildman–Crippen LogP) is 4.66. The molecule has 1 aliphatic rings. The Labute approximate surface area is 158 Å². The average molecular weight is 397 g/mol. The summed E-state index contributed by atoms with van der Waals surface area (Å²) in [4.78, 5) is 26.5. The molecule has 1 fully saturated rings. The highest BCUT2D eigenvalue weighted by Gasteiger charge is 2.38. The number of nitrogens with zero attached hydrogens (tertiary/aromatic N) is 1. The summed E-state index contributed by atoms with van der Waals surface area (Å²) < 4.78 is 38.4. The summed E-state index contributed by atoms with van der Waals surface area (Å²) in [5, 5.41) is 2.92. The highest BCUT2D eigenvalue weighted by atomic mass is 35.5. The van der Waals surface area contributed by atoms with Crippen molar-refractivity contribution in [3.8, 4) is 0 Å². The molecule has 1 heterocycles. The summed E-state index contributed by atoms with van der Waals surface area (Å²) in [5.74, 6) is -1.99. The number of hydrogen-bond acceptors (Lipinski definition) is 2. The minimum Gasteiger partial charge on any atom is -0.325 e. The first kappa shape index (κ1) is 19.2. The van der Waals surface area contributed by atoms with E-state index in [1.54, 1.807) is 18.2 Å². The number of nitrogens with one attached hydrogen (secondary N) is 1. The number of alkyl halides is 3. The molecule has 2 amide bonds. The molecule has 27 heavy (non-hydrogen) atoms. The van der Waals surface area contributed by atoms with Crippen molar-refractivity contribution in [1.82, 2.24) is 0 Å². The third kappa shape index (κ3) is 4.08. The molecule has 0 spiro atoms. The number of hydrogen-bond donors (Lipinski definition) is 1. The molecule has 8 heteroatoms. The lowest BCUT2D eigenvalue weighted by atomic mass is 10.1. The lowest BCUT2D eigenvalue weighted by Gasteiger charge is -2.18. The number of amides is 2. The van der Waals surface area contributed by atoms with Crippen molar-refractivity contribution in [2.45, 2.75) is 19.5 Å². The van der Waals surface area contributed by atoms with Crippen LogP contribution in [0.15, 0.2) is 42.5 Å². The normalized spacial score (nSPS) is 17.3. The monoisotopic (exact) mass is 396 g/mol. The van der Waals surface area contributed by atoms with Crippen molar-refractivity contribution in [2.24, 2.45) is 5.92 Å². The Hall–Kier alpha value is -2.54. The van der Waals surface area contributed by atoms with Crippen LogP contribution < -0.4 is 10.2 Å². The standard InChI is InChI=1S/C19H16ClF3N2O2/c1-11-5-6-14(10-16(11)20)25-8-7-15(18(25)27)17(26)24-13-4-2-3-12(9-13)19(21,22)23/h2-6,9-10,15H,7-8H2,1H3,(H,24,26). The van der Waals surface area contributed by atoms with Crippen molar-refractivity contribution < 1.29 is 22.8 Å². The van der Waals surface area contributed by atoms with Crippen LogP contribution in [0.4, 0.5) is 24.5 Å². The van der Waals surface area contributed by atoms with E-state index in [1.807, 2.05) is 6.92 Å². The molecule has 1 unspecified atom stereocenters. The molecule has 0 radical (unpaired) electrons. The van der Waals surface area contributed by atoms with Crippen LogP contribution in [-0.2, 0) is 15.8 Å². The van der Waals surface area contributed by atoms with Crippen LogP contribution in [-0.4, -0.2) is 18.4 Å². The van der Waals surface area contributed by atoms with Gasteiger partial charge in [0, 0.05) is 22.9 Å². The maximum absolute atomic E-state index is 12.8. The smallest absolute Gasteiger partial charge is 0.325 e. The Kier molecular flexibility index (Phi) is 5.15. The molecular formula is C19H16ClF3N2O2. The van der Waals surface area contributed by atoms with Gasteiger partial charge in [-0.1, -0.05) is 23.7 Å². The van der Waals surface area contributed by atoms with E-state index in [9.17, 15) is 22.8 Å². The topological polar surface area (TPSA) is 49.4 Å². The van der Waals surface area contributed by atoms with Crippen molar-refractivity contribution >= 4 is 34.8 Å². The first-order chi connectivity index (χ1) is 12.7. The van der Waals surface area contributed by atoms with Crippen LogP contribution in [0.25, 0.3) is 0 Å². The van der Waals surface area contributed by atoms with Gasteiger partial charge in [-0.05, 0) is 49.2 Å². The molecule has 1 N–H and O–H groups in total. The molecule has 0 saturated carbocycles. The number of benzene rings is 2. The largest absolute Gasteiger partial charge is 0.416 e. The molecule has 0 aromatic heterocycles. The van der Waals surface area contributed by atoms with E-state index in [0.717, 1.165) is 17.7 Å². The zero-order chi connectivity index (χ0) is 19.8. The van der Waals surface area contributed by atoms with Crippen LogP contribution in [0.1, 0.15) is 17.5 Å². The Morgan fingerprint density at radius 2 is 1.96 bits per heavy atom. The van der Waals surface area contributed by atoms with Gasteiger partial charge in [0.1, 0.15) is 5.92 Å². The van der Waals surface area contributed by atoms with E-state index < -0.39 is 29.5 Å². The first-order valence-electron chi connectivity index (χ1n) is 8.22. The van der Waals surface area contributed by atoms with E-state index in [4.69, 9.17) is 11.6 Å². The van der Waals surface area contributed by atoms with E-state index in [1.165, 1.54) is 17.0 Å². The summed E-state index contributed by atoms with van der Waals surface area (Å²) in [6.45, 7) is 2.17. The lowest BCUT2D eigenvalue weighted by Crippen LogP contribution is -2.33. The van der Waals surface area contributed by atoms with E-state index in [2.05, 4.69) is 5.32 Å². The summed E-state index contributed by atoms with van der Waals surface area (Å²) in [7, 11) is 0. The van der Waals surface area contributed by atoms with Gasteiger partial charge in [-0.2, -0.15) is 13.2 Å². The van der Waals surface area contributed by atoms with Crippen LogP contribution in [0.3, 0.4) is 0 Å². The average Bonchev–Trinajstić information content (AvgIpc) is 2.98. The molecule has 2 aromatic carbocycles. The third-order valence-corrected chi connectivity index (χ3v) is 4.85. The van der Waals surface area contributed by atoms with Gasteiger partial charge < -0.3 is 10.2 Å². The SMILES string of the molecule is Cc1ccc(N2CCC(C(=O)Nc3cccc(C(F)(F)F)c3)C2=O)cc1Cl. The van der Waals surface area contributed by atoms with Crippen LogP contribution in [0.2, 0.25) is 5.02 Å². The number of aryl methyl sites for hydroxylation is 1. The van der Waals surface area contributed by atoms with E-state index in [0.29, 0.717) is 17.3 Å². The number of anilines is 2. The Morgan fingerprint density at radius 1 is 1.22 bits per heavy atom. The van der Waals surface area contributed by atoms with Crippen LogP contribution >= 0.6 is 11.6 Å². The summed E-state index contributed by atoms with van der Waals surface area (Å²) in [6, 6.07) is 9.49. The maximum atomic E-state index is 12.8. The van der Waals surface area contributed by atoms with Gasteiger partial charge >= 0.3 is 6.18 Å². The number of rotatable bonds is 3. The van der Waals surface area contributed by atoms with Crippen molar-refractivity contribution in [3.05, 3.63) is 58.6 Å². The molecular weight excluding hydrogens is 381 g/mol. The molecule has 3 rings (SSSR count). The van der Waals surface area contributed by atoms with E-state index >= 15 is 0 Å². The van der Waals surface area contributed by atoms with Crippen molar-refractivity contribution in [2.75, 3.05) is 16.8 Å². The number of halogens is 4. The third-order valence-electron chi connectivity index (χ3n) is 4.45. The molecule has 1 saturated heterocycles. The minimum atomic E-state index is -4.51. The second kappa shape index (κ2) is 7.23. The van der Waals surface area contributed by atoms with Gasteiger partial charge in [0.05, 0.1) is 5.56 Å². The fourth-order valence-corrected chi connectivity index (χ4v) is 3.11. The predicted molar refractivity (Wildman–Crippen MR) is 96.7 cm³/mol. The highest BCUT2D eigenvalue weighted by Crippen LogP contribution is 2.32. The Balaban J connectivity index is 1.73. The zero-order valence-electron chi connectivity index (χ0n) is 14.3. The Bertz CT molecular complexity index is 899. The van der Waals surface area contributed by atoms with Gasteiger partial charge in [-0.3, -0.25) is 9.59 Å². The van der Waals surface area contributed by atoms with E-state index in [-0.39, 0.29) is 12.1 Å². The first-order valence-corrected chi connectivity index (χ1v) is 8.60. The second-order valence-electron chi connectivity index (χ2n) is 6.33. The van der Waals surface area contributed by atoms with Gasteiger partial charge in [-0.25, -0.2) is 0 Å². The van der Waals surface area contributed by atoms with Gasteiger partial charge in [-0.15, -0.1) is 0 Å². The highest BCUT2D eigenvalue weighted by molar-refractivity contribution is 6.31.